The van der Waals surface area contributed by atoms with Crippen molar-refractivity contribution in [3.63, 3.8) is 0 Å². The average Bonchev–Trinajstić information content (AvgIpc) is 2.47. The summed E-state index contributed by atoms with van der Waals surface area (Å²) >= 11 is 2.32. The van der Waals surface area contributed by atoms with Crippen molar-refractivity contribution in [2.24, 2.45) is 0 Å². The highest BCUT2D eigenvalue weighted by atomic mass is 127. The smallest absolute Gasteiger partial charge is 0.123 e. The molecule has 2 aromatic rings. The summed E-state index contributed by atoms with van der Waals surface area (Å²) < 4.78 is 14.4. The summed E-state index contributed by atoms with van der Waals surface area (Å²) in [4.78, 5) is 0. The summed E-state index contributed by atoms with van der Waals surface area (Å²) in [6, 6.07) is 15.7. The van der Waals surface area contributed by atoms with Crippen molar-refractivity contribution in [3.8, 4) is 0 Å². The average molecular weight is 397 g/mol. The van der Waals surface area contributed by atoms with Gasteiger partial charge < -0.3 is 5.32 Å². The molecule has 0 aliphatic heterocycles. The van der Waals surface area contributed by atoms with E-state index in [-0.39, 0.29) is 17.3 Å². The van der Waals surface area contributed by atoms with Crippen LogP contribution in [0.4, 0.5) is 4.39 Å². The van der Waals surface area contributed by atoms with E-state index in [4.69, 9.17) is 0 Å². The van der Waals surface area contributed by atoms with Crippen LogP contribution in [0.1, 0.15) is 25.0 Å². The van der Waals surface area contributed by atoms with E-state index in [1.165, 1.54) is 21.3 Å². The minimum Gasteiger partial charge on any atom is -0.316 e. The standard InChI is InChI=1S/C18H21FIN/c1-18(2,14-6-8-15(19)9-7-14)17(21-3)12-13-4-10-16(20)11-5-13/h4-11,17,21H,12H2,1-3H3. The normalized spacial score (nSPS) is 13.2. The van der Waals surface area contributed by atoms with Crippen LogP contribution in [0.15, 0.2) is 48.5 Å². The van der Waals surface area contributed by atoms with Crippen LogP contribution in [0.5, 0.6) is 0 Å². The molecule has 1 atom stereocenters. The van der Waals surface area contributed by atoms with E-state index < -0.39 is 0 Å². The fourth-order valence-electron chi connectivity index (χ4n) is 2.65. The lowest BCUT2D eigenvalue weighted by Gasteiger charge is -2.35. The first kappa shape index (κ1) is 16.4. The predicted molar refractivity (Wildman–Crippen MR) is 95.1 cm³/mol. The quantitative estimate of drug-likeness (QED) is 0.731. The Bertz CT molecular complexity index is 575. The van der Waals surface area contributed by atoms with Gasteiger partial charge in [0.15, 0.2) is 0 Å². The zero-order valence-corrected chi connectivity index (χ0v) is 14.8. The van der Waals surface area contributed by atoms with Crippen molar-refractivity contribution in [1.82, 2.24) is 5.32 Å². The Morgan fingerprint density at radius 3 is 2.14 bits per heavy atom. The van der Waals surface area contributed by atoms with E-state index in [0.29, 0.717) is 0 Å². The van der Waals surface area contributed by atoms with E-state index in [9.17, 15) is 4.39 Å². The van der Waals surface area contributed by atoms with E-state index in [1.54, 1.807) is 0 Å². The van der Waals surface area contributed by atoms with Gasteiger partial charge in [-0.05, 0) is 71.5 Å². The molecule has 0 fully saturated rings. The topological polar surface area (TPSA) is 12.0 Å². The molecule has 0 bridgehead atoms. The minimum absolute atomic E-state index is 0.0779. The van der Waals surface area contributed by atoms with Crippen LogP contribution < -0.4 is 5.32 Å². The lowest BCUT2D eigenvalue weighted by atomic mass is 9.75. The SMILES string of the molecule is CNC(Cc1ccc(I)cc1)C(C)(C)c1ccc(F)cc1. The molecule has 0 aliphatic rings. The van der Waals surface area contributed by atoms with Crippen LogP contribution in [-0.2, 0) is 11.8 Å². The monoisotopic (exact) mass is 397 g/mol. The van der Waals surface area contributed by atoms with Gasteiger partial charge >= 0.3 is 0 Å². The Hall–Kier alpha value is -0.940. The molecule has 0 saturated carbocycles. The van der Waals surface area contributed by atoms with Crippen molar-refractivity contribution >= 4 is 22.6 Å². The first-order valence-electron chi connectivity index (χ1n) is 7.11. The molecule has 2 rings (SSSR count). The Kier molecular flexibility index (Phi) is 5.38. The molecule has 1 unspecified atom stereocenters. The van der Waals surface area contributed by atoms with Crippen LogP contribution in [0.2, 0.25) is 0 Å². The zero-order chi connectivity index (χ0) is 15.5. The molecule has 0 radical (unpaired) electrons. The highest BCUT2D eigenvalue weighted by molar-refractivity contribution is 14.1. The molecule has 0 saturated heterocycles. The third-order valence-corrected chi connectivity index (χ3v) is 4.88. The lowest BCUT2D eigenvalue weighted by Crippen LogP contribution is -2.44. The van der Waals surface area contributed by atoms with Crippen LogP contribution in [0.3, 0.4) is 0 Å². The van der Waals surface area contributed by atoms with E-state index >= 15 is 0 Å². The summed E-state index contributed by atoms with van der Waals surface area (Å²) in [6.45, 7) is 4.40. The molecule has 1 N–H and O–H groups in total. The van der Waals surface area contributed by atoms with Crippen LogP contribution in [-0.4, -0.2) is 13.1 Å². The third kappa shape index (κ3) is 4.04. The van der Waals surface area contributed by atoms with Gasteiger partial charge in [0.1, 0.15) is 5.82 Å². The van der Waals surface area contributed by atoms with Gasteiger partial charge in [0.25, 0.3) is 0 Å². The van der Waals surface area contributed by atoms with Crippen molar-refractivity contribution in [1.29, 1.82) is 0 Å². The molecule has 0 aliphatic carbocycles. The molecular formula is C18H21FIN. The van der Waals surface area contributed by atoms with Gasteiger partial charge in [-0.1, -0.05) is 38.1 Å². The van der Waals surface area contributed by atoms with Gasteiger partial charge in [-0.25, -0.2) is 4.39 Å². The lowest BCUT2D eigenvalue weighted by molar-refractivity contribution is 0.356. The molecule has 1 nitrogen and oxygen atoms in total. The number of rotatable bonds is 5. The molecule has 21 heavy (non-hydrogen) atoms. The molecule has 0 aromatic heterocycles. The van der Waals surface area contributed by atoms with Gasteiger partial charge in [-0.15, -0.1) is 0 Å². The first-order valence-corrected chi connectivity index (χ1v) is 8.19. The molecular weight excluding hydrogens is 376 g/mol. The second-order valence-corrected chi connectivity index (χ2v) is 7.15. The summed E-state index contributed by atoms with van der Waals surface area (Å²) in [6.07, 6.45) is 0.942. The van der Waals surface area contributed by atoms with Crippen molar-refractivity contribution < 1.29 is 4.39 Å². The second kappa shape index (κ2) is 6.88. The number of hydrogen-bond donors (Lipinski definition) is 1. The van der Waals surface area contributed by atoms with Crippen molar-refractivity contribution in [2.75, 3.05) is 7.05 Å². The molecule has 3 heteroatoms. The number of hydrogen-bond acceptors (Lipinski definition) is 1. The van der Waals surface area contributed by atoms with Crippen molar-refractivity contribution in [3.05, 3.63) is 69.0 Å². The third-order valence-electron chi connectivity index (χ3n) is 4.16. The minimum atomic E-state index is -0.187. The maximum Gasteiger partial charge on any atom is 0.123 e. The maximum absolute atomic E-state index is 13.1. The number of likely N-dealkylation sites (N-methyl/N-ethyl adjacent to an activating group) is 1. The maximum atomic E-state index is 13.1. The largest absolute Gasteiger partial charge is 0.316 e. The fraction of sp³-hybridized carbons (Fsp3) is 0.333. The van der Waals surface area contributed by atoms with Gasteiger partial charge in [0.05, 0.1) is 0 Å². The molecule has 0 spiro atoms. The van der Waals surface area contributed by atoms with Crippen molar-refractivity contribution in [2.45, 2.75) is 31.7 Å². The summed E-state index contributed by atoms with van der Waals surface area (Å²) in [5, 5.41) is 3.42. The number of nitrogens with one attached hydrogen (secondary N) is 1. The first-order chi connectivity index (χ1) is 9.93. The summed E-state index contributed by atoms with van der Waals surface area (Å²) in [5.74, 6) is -0.187. The van der Waals surface area contributed by atoms with Gasteiger partial charge in [-0.3, -0.25) is 0 Å². The van der Waals surface area contributed by atoms with E-state index in [1.807, 2.05) is 19.2 Å². The Labute approximate surface area is 140 Å². The van der Waals surface area contributed by atoms with E-state index in [2.05, 4.69) is 66.0 Å². The second-order valence-electron chi connectivity index (χ2n) is 5.90. The zero-order valence-electron chi connectivity index (χ0n) is 12.7. The van der Waals surface area contributed by atoms with Gasteiger partial charge in [0, 0.05) is 15.0 Å². The predicted octanol–water partition coefficient (Wildman–Crippen LogP) is 4.54. The Morgan fingerprint density at radius 1 is 1.05 bits per heavy atom. The molecule has 112 valence electrons. The van der Waals surface area contributed by atoms with Gasteiger partial charge in [-0.2, -0.15) is 0 Å². The summed E-state index contributed by atoms with van der Waals surface area (Å²) in [7, 11) is 1.99. The number of halogens is 2. The van der Waals surface area contributed by atoms with Crippen LogP contribution in [0, 0.1) is 9.39 Å². The molecule has 2 aromatic carbocycles. The molecule has 0 amide bonds. The Morgan fingerprint density at radius 2 is 1.62 bits per heavy atom. The van der Waals surface area contributed by atoms with Crippen LogP contribution >= 0.6 is 22.6 Å². The highest BCUT2D eigenvalue weighted by Crippen LogP contribution is 2.29. The molecule has 0 heterocycles. The fourth-order valence-corrected chi connectivity index (χ4v) is 3.01. The van der Waals surface area contributed by atoms with E-state index in [0.717, 1.165) is 12.0 Å². The summed E-state index contributed by atoms with van der Waals surface area (Å²) in [5.41, 5.74) is 2.38. The van der Waals surface area contributed by atoms with Gasteiger partial charge in [0.2, 0.25) is 0 Å². The van der Waals surface area contributed by atoms with Crippen LogP contribution in [0.25, 0.3) is 0 Å². The Balaban J connectivity index is 2.22. The highest BCUT2D eigenvalue weighted by Gasteiger charge is 2.30. The number of benzene rings is 2.